The number of likely N-dealkylation sites (tertiary alicyclic amines) is 1. The number of amides is 1. The Morgan fingerprint density at radius 3 is 2.44 bits per heavy atom. The summed E-state index contributed by atoms with van der Waals surface area (Å²) in [7, 11) is 0. The molecule has 1 saturated heterocycles. The molecule has 1 aliphatic rings. The number of aliphatic carboxylic acids is 1. The van der Waals surface area contributed by atoms with Gasteiger partial charge in [-0.3, -0.25) is 9.59 Å². The molecule has 0 saturated carbocycles. The number of nitrogens with zero attached hydrogens (tertiary/aromatic N) is 1. The van der Waals surface area contributed by atoms with Crippen LogP contribution in [-0.2, 0) is 19.1 Å². The summed E-state index contributed by atoms with van der Waals surface area (Å²) in [5, 5.41) is 9.02. The summed E-state index contributed by atoms with van der Waals surface area (Å²) in [6.07, 6.45) is 0.623. The molecular weight excluding hydrogens is 238 g/mol. The van der Waals surface area contributed by atoms with Gasteiger partial charge in [0.2, 0.25) is 5.91 Å². The Morgan fingerprint density at radius 1 is 1.33 bits per heavy atom. The Bertz CT molecular complexity index is 354. The highest BCUT2D eigenvalue weighted by Gasteiger charge is 2.37. The number of ether oxygens (including phenoxy) is 1. The van der Waals surface area contributed by atoms with E-state index in [0.29, 0.717) is 19.4 Å². The van der Waals surface area contributed by atoms with Crippen molar-refractivity contribution in [3.05, 3.63) is 0 Å². The second kappa shape index (κ2) is 5.84. The maximum absolute atomic E-state index is 12.2. The first kappa shape index (κ1) is 14.5. The summed E-state index contributed by atoms with van der Waals surface area (Å²) >= 11 is 0. The lowest BCUT2D eigenvalue weighted by Crippen LogP contribution is -2.45. The second-order valence-electron chi connectivity index (χ2n) is 4.63. The lowest BCUT2D eigenvalue weighted by molar-refractivity contribution is -0.156. The van der Waals surface area contributed by atoms with E-state index >= 15 is 0 Å². The van der Waals surface area contributed by atoms with Crippen molar-refractivity contribution < 1.29 is 24.2 Å². The van der Waals surface area contributed by atoms with E-state index in [0.717, 1.165) is 0 Å². The van der Waals surface area contributed by atoms with Crippen LogP contribution in [0.4, 0.5) is 0 Å². The largest absolute Gasteiger partial charge is 0.480 e. The first-order valence-electron chi connectivity index (χ1n) is 6.05. The van der Waals surface area contributed by atoms with Gasteiger partial charge >= 0.3 is 11.9 Å². The molecule has 0 radical (unpaired) electrons. The van der Waals surface area contributed by atoms with E-state index in [1.54, 1.807) is 13.8 Å². The molecule has 6 heteroatoms. The van der Waals surface area contributed by atoms with Crippen molar-refractivity contribution in [2.45, 2.75) is 45.8 Å². The van der Waals surface area contributed by atoms with Crippen LogP contribution < -0.4 is 0 Å². The molecule has 1 rings (SSSR count). The van der Waals surface area contributed by atoms with Gasteiger partial charge in [0.1, 0.15) is 12.1 Å². The van der Waals surface area contributed by atoms with Crippen molar-refractivity contribution in [1.29, 1.82) is 0 Å². The van der Waals surface area contributed by atoms with Gasteiger partial charge in [-0.15, -0.1) is 0 Å². The zero-order chi connectivity index (χ0) is 13.9. The predicted molar refractivity (Wildman–Crippen MR) is 62.8 cm³/mol. The average Bonchev–Trinajstić information content (AvgIpc) is 2.74. The van der Waals surface area contributed by atoms with Gasteiger partial charge in [-0.05, 0) is 19.8 Å². The number of carbonyl (C=O) groups is 3. The monoisotopic (exact) mass is 257 g/mol. The molecule has 0 aliphatic carbocycles. The van der Waals surface area contributed by atoms with Crippen molar-refractivity contribution in [3.8, 4) is 0 Å². The highest BCUT2D eigenvalue weighted by atomic mass is 16.5. The van der Waals surface area contributed by atoms with Gasteiger partial charge in [0.05, 0.1) is 5.92 Å². The smallest absolute Gasteiger partial charge is 0.326 e. The summed E-state index contributed by atoms with van der Waals surface area (Å²) in [5.41, 5.74) is 0. The molecule has 1 aliphatic heterocycles. The highest BCUT2D eigenvalue weighted by Crippen LogP contribution is 2.22. The summed E-state index contributed by atoms with van der Waals surface area (Å²) in [6, 6.07) is -0.746. The lowest BCUT2D eigenvalue weighted by atomic mass is 10.0. The van der Waals surface area contributed by atoms with Gasteiger partial charge < -0.3 is 14.7 Å². The van der Waals surface area contributed by atoms with Crippen LogP contribution in [0, 0.1) is 5.92 Å². The van der Waals surface area contributed by atoms with Crippen molar-refractivity contribution in [2.75, 3.05) is 6.54 Å². The van der Waals surface area contributed by atoms with Gasteiger partial charge in [0, 0.05) is 13.5 Å². The minimum Gasteiger partial charge on any atom is -0.480 e. The Morgan fingerprint density at radius 2 is 1.94 bits per heavy atom. The van der Waals surface area contributed by atoms with Crippen molar-refractivity contribution in [2.24, 2.45) is 5.92 Å². The molecule has 0 aromatic carbocycles. The van der Waals surface area contributed by atoms with Crippen LogP contribution in [0.5, 0.6) is 0 Å². The number of hydrogen-bond acceptors (Lipinski definition) is 4. The maximum Gasteiger partial charge on any atom is 0.326 e. The summed E-state index contributed by atoms with van der Waals surface area (Å²) in [4.78, 5) is 35.4. The minimum atomic E-state index is -0.979. The fourth-order valence-corrected chi connectivity index (χ4v) is 2.11. The standard InChI is InChI=1S/C12H19NO5/c1-7(8(2)18-9(3)14)11(15)13-6-4-5-10(13)12(16)17/h7-8,10H,4-6H2,1-3H3,(H,16,17)/t7-,8?,10-/m0/s1. The fourth-order valence-electron chi connectivity index (χ4n) is 2.11. The molecule has 3 atom stereocenters. The first-order chi connectivity index (χ1) is 8.34. The molecule has 1 unspecified atom stereocenters. The molecule has 1 amide bonds. The third-order valence-electron chi connectivity index (χ3n) is 3.27. The van der Waals surface area contributed by atoms with E-state index in [-0.39, 0.29) is 5.91 Å². The molecule has 1 fully saturated rings. The molecule has 0 aromatic heterocycles. The third-order valence-corrected chi connectivity index (χ3v) is 3.27. The molecular formula is C12H19NO5. The Kier molecular flexibility index (Phi) is 4.69. The lowest BCUT2D eigenvalue weighted by Gasteiger charge is -2.27. The Balaban J connectivity index is 2.68. The number of hydrogen-bond donors (Lipinski definition) is 1. The normalized spacial score (nSPS) is 22.4. The van der Waals surface area contributed by atoms with E-state index in [9.17, 15) is 14.4 Å². The number of carbonyl (C=O) groups excluding carboxylic acids is 2. The van der Waals surface area contributed by atoms with Crippen LogP contribution in [0.2, 0.25) is 0 Å². The number of carboxylic acids is 1. The van der Waals surface area contributed by atoms with Gasteiger partial charge in [-0.1, -0.05) is 6.92 Å². The zero-order valence-corrected chi connectivity index (χ0v) is 10.9. The molecule has 1 heterocycles. The van der Waals surface area contributed by atoms with Crippen LogP contribution in [-0.4, -0.2) is 46.5 Å². The summed E-state index contributed by atoms with van der Waals surface area (Å²) in [6.45, 7) is 5.01. The van der Waals surface area contributed by atoms with E-state index in [4.69, 9.17) is 9.84 Å². The minimum absolute atomic E-state index is 0.270. The molecule has 1 N–H and O–H groups in total. The molecule has 0 bridgehead atoms. The van der Waals surface area contributed by atoms with Gasteiger partial charge in [-0.2, -0.15) is 0 Å². The second-order valence-corrected chi connectivity index (χ2v) is 4.63. The highest BCUT2D eigenvalue weighted by molar-refractivity contribution is 5.86. The fraction of sp³-hybridized carbons (Fsp3) is 0.750. The van der Waals surface area contributed by atoms with Crippen molar-refractivity contribution in [1.82, 2.24) is 4.90 Å². The van der Waals surface area contributed by atoms with Crippen LogP contribution >= 0.6 is 0 Å². The van der Waals surface area contributed by atoms with Crippen LogP contribution in [0.1, 0.15) is 33.6 Å². The van der Waals surface area contributed by atoms with Gasteiger partial charge in [0.15, 0.2) is 0 Å². The predicted octanol–water partition coefficient (Wildman–Crippen LogP) is 0.650. The zero-order valence-electron chi connectivity index (χ0n) is 10.9. The Hall–Kier alpha value is -1.59. The average molecular weight is 257 g/mol. The molecule has 0 spiro atoms. The third kappa shape index (κ3) is 3.21. The summed E-state index contributed by atoms with van der Waals surface area (Å²) < 4.78 is 4.95. The van der Waals surface area contributed by atoms with Crippen molar-refractivity contribution >= 4 is 17.8 Å². The van der Waals surface area contributed by atoms with Crippen LogP contribution in [0.3, 0.4) is 0 Å². The molecule has 6 nitrogen and oxygen atoms in total. The topological polar surface area (TPSA) is 83.9 Å². The quantitative estimate of drug-likeness (QED) is 0.747. The van der Waals surface area contributed by atoms with Crippen molar-refractivity contribution in [3.63, 3.8) is 0 Å². The first-order valence-corrected chi connectivity index (χ1v) is 6.05. The SMILES string of the molecule is CC(=O)OC(C)[C@H](C)C(=O)N1CCC[C@H]1C(=O)O. The number of rotatable bonds is 4. The summed E-state index contributed by atoms with van der Waals surface area (Å²) in [5.74, 6) is -2.23. The van der Waals surface area contributed by atoms with E-state index in [1.165, 1.54) is 11.8 Å². The Labute approximate surface area is 106 Å². The van der Waals surface area contributed by atoms with E-state index < -0.39 is 30.0 Å². The molecule has 102 valence electrons. The van der Waals surface area contributed by atoms with Crippen LogP contribution in [0.15, 0.2) is 0 Å². The van der Waals surface area contributed by atoms with Gasteiger partial charge in [-0.25, -0.2) is 4.79 Å². The van der Waals surface area contributed by atoms with Gasteiger partial charge in [0.25, 0.3) is 0 Å². The van der Waals surface area contributed by atoms with Crippen LogP contribution in [0.25, 0.3) is 0 Å². The van der Waals surface area contributed by atoms with E-state index in [2.05, 4.69) is 0 Å². The number of carboxylic acid groups (broad SMARTS) is 1. The molecule has 0 aromatic rings. The van der Waals surface area contributed by atoms with E-state index in [1.807, 2.05) is 0 Å². The maximum atomic E-state index is 12.2. The molecule has 18 heavy (non-hydrogen) atoms. The number of esters is 1.